The number of rotatable bonds is 4. The lowest BCUT2D eigenvalue weighted by molar-refractivity contribution is 0.354. The Kier molecular flexibility index (Phi) is 3.71. The van der Waals surface area contributed by atoms with Gasteiger partial charge in [-0.05, 0) is 41.8 Å². The topological polar surface area (TPSA) is 58.0 Å². The quantitative estimate of drug-likeness (QED) is 0.798. The average molecular weight is 292 g/mol. The summed E-state index contributed by atoms with van der Waals surface area (Å²) in [6.07, 6.45) is 2.51. The highest BCUT2D eigenvalue weighted by atomic mass is 16.5. The van der Waals surface area contributed by atoms with E-state index in [9.17, 15) is 0 Å². The zero-order chi connectivity index (χ0) is 15.5. The summed E-state index contributed by atoms with van der Waals surface area (Å²) in [4.78, 5) is 3.10. The van der Waals surface area contributed by atoms with Gasteiger partial charge in [-0.1, -0.05) is 12.1 Å². The summed E-state index contributed by atoms with van der Waals surface area (Å²) in [6.45, 7) is 0. The summed E-state index contributed by atoms with van der Waals surface area (Å²) < 4.78 is 10.6. The second kappa shape index (κ2) is 5.82. The van der Waals surface area contributed by atoms with Gasteiger partial charge in [0.05, 0.1) is 19.8 Å². The van der Waals surface area contributed by atoms with Crippen LogP contribution in [0, 0.1) is 11.3 Å². The van der Waals surface area contributed by atoms with Crippen molar-refractivity contribution < 1.29 is 9.47 Å². The number of ether oxygens (including phenoxy) is 2. The Bertz CT molecular complexity index is 859. The number of aromatic nitrogens is 1. The molecular weight excluding hydrogens is 276 g/mol. The van der Waals surface area contributed by atoms with Gasteiger partial charge in [0.25, 0.3) is 0 Å². The first-order valence-corrected chi connectivity index (χ1v) is 6.96. The smallest absolute Gasteiger partial charge is 0.160 e. The molecule has 0 aliphatic heterocycles. The fourth-order valence-corrected chi connectivity index (χ4v) is 2.60. The van der Waals surface area contributed by atoms with E-state index in [2.05, 4.69) is 23.2 Å². The molecule has 0 aliphatic rings. The number of H-pyrrole nitrogens is 1. The van der Waals surface area contributed by atoms with Crippen molar-refractivity contribution >= 4 is 10.9 Å². The molecule has 0 amide bonds. The molecule has 0 unspecified atom stereocenters. The lowest BCUT2D eigenvalue weighted by Crippen LogP contribution is -1.94. The molecule has 0 aliphatic carbocycles. The predicted molar refractivity (Wildman–Crippen MR) is 85.4 cm³/mol. The molecule has 1 heterocycles. The van der Waals surface area contributed by atoms with Crippen molar-refractivity contribution in [3.05, 3.63) is 59.3 Å². The first-order chi connectivity index (χ1) is 10.7. The van der Waals surface area contributed by atoms with Crippen LogP contribution in [0.3, 0.4) is 0 Å². The molecule has 3 aromatic rings. The van der Waals surface area contributed by atoms with Crippen LogP contribution in [0.2, 0.25) is 0 Å². The maximum atomic E-state index is 9.13. The summed E-state index contributed by atoms with van der Waals surface area (Å²) >= 11 is 0. The van der Waals surface area contributed by atoms with Gasteiger partial charge in [-0.2, -0.15) is 5.26 Å². The van der Waals surface area contributed by atoms with Crippen LogP contribution in [0.4, 0.5) is 0 Å². The van der Waals surface area contributed by atoms with Gasteiger partial charge in [0, 0.05) is 17.1 Å². The molecule has 0 saturated carbocycles. The molecule has 0 saturated heterocycles. The van der Waals surface area contributed by atoms with E-state index in [1.54, 1.807) is 20.4 Å². The van der Waals surface area contributed by atoms with Crippen LogP contribution in [-0.2, 0) is 6.42 Å². The van der Waals surface area contributed by atoms with Crippen LogP contribution < -0.4 is 9.47 Å². The lowest BCUT2D eigenvalue weighted by atomic mass is 10.0. The molecule has 4 nitrogen and oxygen atoms in total. The third-order valence-corrected chi connectivity index (χ3v) is 3.72. The largest absolute Gasteiger partial charge is 0.493 e. The van der Waals surface area contributed by atoms with E-state index in [0.717, 1.165) is 39.9 Å². The minimum atomic E-state index is 0.671. The fraction of sp³-hybridized carbons (Fsp3) is 0.167. The van der Waals surface area contributed by atoms with E-state index in [1.165, 1.54) is 0 Å². The number of fused-ring (bicyclic) bond motifs is 1. The van der Waals surface area contributed by atoms with Crippen LogP contribution in [0.5, 0.6) is 11.5 Å². The molecule has 110 valence electrons. The minimum absolute atomic E-state index is 0.671. The molecule has 0 spiro atoms. The molecule has 3 rings (SSSR count). The Morgan fingerprint density at radius 2 is 1.73 bits per heavy atom. The number of aromatic amines is 1. The summed E-state index contributed by atoms with van der Waals surface area (Å²) in [5, 5.41) is 10.1. The number of nitrogens with zero attached hydrogens (tertiary/aromatic N) is 1. The molecule has 0 atom stereocenters. The highest BCUT2D eigenvalue weighted by molar-refractivity contribution is 5.86. The minimum Gasteiger partial charge on any atom is -0.493 e. The first-order valence-electron chi connectivity index (χ1n) is 6.96. The van der Waals surface area contributed by atoms with Gasteiger partial charge < -0.3 is 14.5 Å². The lowest BCUT2D eigenvalue weighted by Gasteiger charge is -2.09. The van der Waals surface area contributed by atoms with E-state index in [4.69, 9.17) is 14.7 Å². The maximum Gasteiger partial charge on any atom is 0.160 e. The SMILES string of the molecule is COc1ccc(Cc2ccc3[nH]cc(C#N)c3c2)cc1OC. The molecule has 1 aromatic heterocycles. The van der Waals surface area contributed by atoms with Crippen molar-refractivity contribution in [1.29, 1.82) is 5.26 Å². The van der Waals surface area contributed by atoms with Crippen molar-refractivity contribution in [3.8, 4) is 17.6 Å². The molecule has 2 aromatic carbocycles. The first kappa shape index (κ1) is 14.0. The second-order valence-electron chi connectivity index (χ2n) is 5.06. The van der Waals surface area contributed by atoms with Gasteiger partial charge in [-0.3, -0.25) is 0 Å². The number of hydrogen-bond acceptors (Lipinski definition) is 3. The van der Waals surface area contributed by atoms with Crippen molar-refractivity contribution in [2.45, 2.75) is 6.42 Å². The van der Waals surface area contributed by atoms with E-state index >= 15 is 0 Å². The third-order valence-electron chi connectivity index (χ3n) is 3.72. The van der Waals surface area contributed by atoms with Crippen LogP contribution in [0.1, 0.15) is 16.7 Å². The van der Waals surface area contributed by atoms with Crippen molar-refractivity contribution in [2.75, 3.05) is 14.2 Å². The number of benzene rings is 2. The van der Waals surface area contributed by atoms with E-state index in [1.807, 2.05) is 24.3 Å². The van der Waals surface area contributed by atoms with E-state index < -0.39 is 0 Å². The third kappa shape index (κ3) is 2.49. The average Bonchev–Trinajstić information content (AvgIpc) is 2.97. The van der Waals surface area contributed by atoms with Crippen molar-refractivity contribution in [2.24, 2.45) is 0 Å². The Morgan fingerprint density at radius 1 is 1.00 bits per heavy atom. The van der Waals surface area contributed by atoms with Gasteiger partial charge in [0.1, 0.15) is 6.07 Å². The van der Waals surface area contributed by atoms with Gasteiger partial charge in [0.15, 0.2) is 11.5 Å². The number of nitrogens with one attached hydrogen (secondary N) is 1. The van der Waals surface area contributed by atoms with Gasteiger partial charge in [0.2, 0.25) is 0 Å². The zero-order valence-electron chi connectivity index (χ0n) is 12.5. The van der Waals surface area contributed by atoms with Crippen molar-refractivity contribution in [1.82, 2.24) is 4.98 Å². The maximum absolute atomic E-state index is 9.13. The molecular formula is C18H16N2O2. The predicted octanol–water partition coefficient (Wildman–Crippen LogP) is 3.65. The van der Waals surface area contributed by atoms with E-state index in [0.29, 0.717) is 5.56 Å². The number of methoxy groups -OCH3 is 2. The Hall–Kier alpha value is -2.93. The fourth-order valence-electron chi connectivity index (χ4n) is 2.60. The van der Waals surface area contributed by atoms with Crippen LogP contribution in [-0.4, -0.2) is 19.2 Å². The Balaban J connectivity index is 1.94. The van der Waals surface area contributed by atoms with Crippen molar-refractivity contribution in [3.63, 3.8) is 0 Å². The number of hydrogen-bond donors (Lipinski definition) is 1. The highest BCUT2D eigenvalue weighted by Gasteiger charge is 2.07. The summed E-state index contributed by atoms with van der Waals surface area (Å²) in [7, 11) is 3.26. The van der Waals surface area contributed by atoms with Gasteiger partial charge >= 0.3 is 0 Å². The molecule has 0 fully saturated rings. The molecule has 0 radical (unpaired) electrons. The summed E-state index contributed by atoms with van der Waals surface area (Å²) in [5.41, 5.74) is 3.93. The standard InChI is InChI=1S/C18H16N2O2/c1-21-17-6-4-13(9-18(17)22-2)7-12-3-5-16-15(8-12)14(10-19)11-20-16/h3-6,8-9,11,20H,7H2,1-2H3. The van der Waals surface area contributed by atoms with Crippen LogP contribution >= 0.6 is 0 Å². The van der Waals surface area contributed by atoms with Gasteiger partial charge in [-0.15, -0.1) is 0 Å². The zero-order valence-corrected chi connectivity index (χ0v) is 12.5. The monoisotopic (exact) mass is 292 g/mol. The summed E-state index contributed by atoms with van der Waals surface area (Å²) in [5.74, 6) is 1.44. The number of nitriles is 1. The molecule has 22 heavy (non-hydrogen) atoms. The van der Waals surface area contributed by atoms with Crippen LogP contribution in [0.25, 0.3) is 10.9 Å². The molecule has 1 N–H and O–H groups in total. The normalized spacial score (nSPS) is 10.4. The summed E-state index contributed by atoms with van der Waals surface area (Å²) in [6, 6.07) is 14.2. The van der Waals surface area contributed by atoms with Gasteiger partial charge in [-0.25, -0.2) is 0 Å². The second-order valence-corrected chi connectivity index (χ2v) is 5.06. The van der Waals surface area contributed by atoms with Crippen LogP contribution in [0.15, 0.2) is 42.6 Å². The highest BCUT2D eigenvalue weighted by Crippen LogP contribution is 2.29. The molecule has 4 heteroatoms. The van der Waals surface area contributed by atoms with E-state index in [-0.39, 0.29) is 0 Å². The Morgan fingerprint density at radius 3 is 2.45 bits per heavy atom. The molecule has 0 bridgehead atoms. The Labute approximate surface area is 128 Å².